The van der Waals surface area contributed by atoms with Crippen LogP contribution in [0.4, 0.5) is 0 Å². The minimum atomic E-state index is -0.0444. The second kappa shape index (κ2) is 8.77. The highest BCUT2D eigenvalue weighted by molar-refractivity contribution is 7.18. The standard InChI is InChI=1S/C24H26ClN3O2S/c1-30-21-8-3-2-7-19(21)24(29)26-16-12-17-5-4-6-18(13-16)28(17)14-23-27-20-11-15(25)9-10-22(20)31-23/h2-3,7-11,16-18H,4-6,12-14H2,1H3,(H,26,29). The number of fused-ring (bicyclic) bond motifs is 3. The first-order valence-corrected chi connectivity index (χ1v) is 12.0. The predicted octanol–water partition coefficient (Wildman–Crippen LogP) is 5.27. The van der Waals surface area contributed by atoms with Crippen LogP contribution in [0, 0.1) is 0 Å². The monoisotopic (exact) mass is 455 g/mol. The summed E-state index contributed by atoms with van der Waals surface area (Å²) in [6, 6.07) is 14.5. The van der Waals surface area contributed by atoms with Gasteiger partial charge in [-0.05, 0) is 56.0 Å². The van der Waals surface area contributed by atoms with E-state index in [1.807, 2.05) is 36.4 Å². The Morgan fingerprint density at radius 3 is 2.77 bits per heavy atom. The molecule has 0 radical (unpaired) electrons. The summed E-state index contributed by atoms with van der Waals surface area (Å²) in [5.74, 6) is 0.575. The molecule has 1 amide bonds. The van der Waals surface area contributed by atoms with E-state index in [0.29, 0.717) is 23.4 Å². The van der Waals surface area contributed by atoms with Gasteiger partial charge in [-0.2, -0.15) is 0 Å². The van der Waals surface area contributed by atoms with Crippen molar-refractivity contribution in [3.05, 3.63) is 58.1 Å². The van der Waals surface area contributed by atoms with Crippen molar-refractivity contribution < 1.29 is 9.53 Å². The van der Waals surface area contributed by atoms with Gasteiger partial charge in [-0.3, -0.25) is 9.69 Å². The number of halogens is 1. The number of methoxy groups -OCH3 is 1. The Balaban J connectivity index is 1.28. The number of para-hydroxylation sites is 1. The number of aromatic nitrogens is 1. The number of thiazole rings is 1. The van der Waals surface area contributed by atoms with Gasteiger partial charge in [0, 0.05) is 23.1 Å². The minimum Gasteiger partial charge on any atom is -0.496 e. The van der Waals surface area contributed by atoms with E-state index in [4.69, 9.17) is 21.3 Å². The summed E-state index contributed by atoms with van der Waals surface area (Å²) < 4.78 is 6.55. The molecule has 3 aromatic rings. The number of hydrogen-bond acceptors (Lipinski definition) is 5. The van der Waals surface area contributed by atoms with Crippen LogP contribution in [0.5, 0.6) is 5.75 Å². The lowest BCUT2D eigenvalue weighted by Gasteiger charge is -2.48. The summed E-state index contributed by atoms with van der Waals surface area (Å²) >= 11 is 7.89. The molecule has 2 unspecified atom stereocenters. The summed E-state index contributed by atoms with van der Waals surface area (Å²) in [6.45, 7) is 0.874. The molecule has 7 heteroatoms. The third-order valence-electron chi connectivity index (χ3n) is 6.52. The Bertz CT molecular complexity index is 1090. The number of nitrogens with one attached hydrogen (secondary N) is 1. The Labute approximate surface area is 191 Å². The fourth-order valence-electron chi connectivity index (χ4n) is 5.12. The maximum atomic E-state index is 12.9. The van der Waals surface area contributed by atoms with E-state index in [-0.39, 0.29) is 11.9 Å². The van der Waals surface area contributed by atoms with Gasteiger partial charge in [-0.15, -0.1) is 11.3 Å². The minimum absolute atomic E-state index is 0.0444. The van der Waals surface area contributed by atoms with Crippen molar-refractivity contribution in [1.82, 2.24) is 15.2 Å². The number of ether oxygens (including phenoxy) is 1. The fourth-order valence-corrected chi connectivity index (χ4v) is 6.25. The zero-order valence-electron chi connectivity index (χ0n) is 17.5. The van der Waals surface area contributed by atoms with E-state index >= 15 is 0 Å². The second-order valence-electron chi connectivity index (χ2n) is 8.47. The molecule has 5 rings (SSSR count). The molecule has 2 aromatic carbocycles. The molecule has 0 spiro atoms. The van der Waals surface area contributed by atoms with Gasteiger partial charge < -0.3 is 10.1 Å². The zero-order valence-corrected chi connectivity index (χ0v) is 19.1. The van der Waals surface area contributed by atoms with Gasteiger partial charge in [0.1, 0.15) is 10.8 Å². The van der Waals surface area contributed by atoms with Gasteiger partial charge in [0.2, 0.25) is 0 Å². The van der Waals surface area contributed by atoms with Crippen molar-refractivity contribution >= 4 is 39.1 Å². The van der Waals surface area contributed by atoms with Crippen LogP contribution in [0.25, 0.3) is 10.2 Å². The Morgan fingerprint density at radius 1 is 1.23 bits per heavy atom. The molecule has 2 aliphatic heterocycles. The lowest BCUT2D eigenvalue weighted by Crippen LogP contribution is -2.56. The van der Waals surface area contributed by atoms with Crippen LogP contribution in [0.2, 0.25) is 5.02 Å². The quantitative estimate of drug-likeness (QED) is 0.569. The van der Waals surface area contributed by atoms with Crippen molar-refractivity contribution in [2.24, 2.45) is 0 Å². The van der Waals surface area contributed by atoms with Crippen LogP contribution in [-0.4, -0.2) is 41.0 Å². The Morgan fingerprint density at radius 2 is 2.00 bits per heavy atom. The summed E-state index contributed by atoms with van der Waals surface area (Å²) in [6.07, 6.45) is 5.57. The zero-order chi connectivity index (χ0) is 21.4. The summed E-state index contributed by atoms with van der Waals surface area (Å²) in [5, 5.41) is 5.15. The molecule has 2 fully saturated rings. The second-order valence-corrected chi connectivity index (χ2v) is 10.0. The first-order chi connectivity index (χ1) is 15.1. The number of hydrogen-bond donors (Lipinski definition) is 1. The molecule has 2 aliphatic rings. The molecule has 0 aliphatic carbocycles. The number of carbonyl (C=O) groups excluding carboxylic acids is 1. The Kier molecular flexibility index (Phi) is 5.87. The van der Waals surface area contributed by atoms with Gasteiger partial charge in [0.05, 0.1) is 29.4 Å². The van der Waals surface area contributed by atoms with Crippen molar-refractivity contribution in [2.45, 2.75) is 56.8 Å². The SMILES string of the molecule is COc1ccccc1C(=O)NC1CC2CCCC(C1)N2Cc1nc2cc(Cl)ccc2s1. The van der Waals surface area contributed by atoms with Crippen LogP contribution in [0.1, 0.15) is 47.5 Å². The third kappa shape index (κ3) is 4.29. The van der Waals surface area contributed by atoms with Gasteiger partial charge in [-0.1, -0.05) is 30.2 Å². The van der Waals surface area contributed by atoms with E-state index < -0.39 is 0 Å². The molecule has 2 bridgehead atoms. The van der Waals surface area contributed by atoms with Crippen molar-refractivity contribution in [2.75, 3.05) is 7.11 Å². The highest BCUT2D eigenvalue weighted by Crippen LogP contribution is 2.36. The molecule has 162 valence electrons. The van der Waals surface area contributed by atoms with E-state index in [0.717, 1.165) is 34.9 Å². The van der Waals surface area contributed by atoms with Gasteiger partial charge >= 0.3 is 0 Å². The maximum Gasteiger partial charge on any atom is 0.255 e. The molecule has 5 nitrogen and oxygen atoms in total. The van der Waals surface area contributed by atoms with Crippen LogP contribution >= 0.6 is 22.9 Å². The Hall–Kier alpha value is -2.15. The first-order valence-electron chi connectivity index (χ1n) is 10.9. The molecular weight excluding hydrogens is 430 g/mol. The van der Waals surface area contributed by atoms with Crippen molar-refractivity contribution in [3.8, 4) is 5.75 Å². The summed E-state index contributed by atoms with van der Waals surface area (Å²) in [4.78, 5) is 20.3. The number of rotatable bonds is 5. The normalized spacial score (nSPS) is 23.6. The summed E-state index contributed by atoms with van der Waals surface area (Å²) in [7, 11) is 1.60. The number of benzene rings is 2. The molecule has 3 heterocycles. The molecule has 0 saturated carbocycles. The molecule has 1 aromatic heterocycles. The van der Waals surface area contributed by atoms with Gasteiger partial charge in [0.15, 0.2) is 0 Å². The molecule has 2 atom stereocenters. The lowest BCUT2D eigenvalue weighted by molar-refractivity contribution is 0.0176. The molecule has 1 N–H and O–H groups in total. The molecule has 2 saturated heterocycles. The average Bonchev–Trinajstić information content (AvgIpc) is 3.15. The molecule has 31 heavy (non-hydrogen) atoms. The van der Waals surface area contributed by atoms with Gasteiger partial charge in [-0.25, -0.2) is 4.98 Å². The predicted molar refractivity (Wildman–Crippen MR) is 125 cm³/mol. The van der Waals surface area contributed by atoms with E-state index in [1.165, 1.54) is 24.0 Å². The fraction of sp³-hybridized carbons (Fsp3) is 0.417. The third-order valence-corrected chi connectivity index (χ3v) is 7.78. The number of piperidine rings is 2. The van der Waals surface area contributed by atoms with Crippen LogP contribution in [0.3, 0.4) is 0 Å². The molecular formula is C24H26ClN3O2S. The van der Waals surface area contributed by atoms with Crippen LogP contribution in [0.15, 0.2) is 42.5 Å². The highest BCUT2D eigenvalue weighted by Gasteiger charge is 2.39. The highest BCUT2D eigenvalue weighted by atomic mass is 35.5. The topological polar surface area (TPSA) is 54.5 Å². The maximum absolute atomic E-state index is 12.9. The smallest absolute Gasteiger partial charge is 0.255 e. The number of amides is 1. The van der Waals surface area contributed by atoms with E-state index in [2.05, 4.69) is 16.3 Å². The van der Waals surface area contributed by atoms with Crippen molar-refractivity contribution in [1.29, 1.82) is 0 Å². The van der Waals surface area contributed by atoms with Crippen LogP contribution in [-0.2, 0) is 6.54 Å². The van der Waals surface area contributed by atoms with Gasteiger partial charge in [0.25, 0.3) is 5.91 Å². The van der Waals surface area contributed by atoms with Crippen LogP contribution < -0.4 is 10.1 Å². The number of nitrogens with zero attached hydrogens (tertiary/aromatic N) is 2. The first kappa shape index (κ1) is 20.7. The van der Waals surface area contributed by atoms with E-state index in [1.54, 1.807) is 18.4 Å². The van der Waals surface area contributed by atoms with Crippen molar-refractivity contribution in [3.63, 3.8) is 0 Å². The average molecular weight is 456 g/mol. The number of carbonyl (C=O) groups is 1. The largest absolute Gasteiger partial charge is 0.496 e. The van der Waals surface area contributed by atoms with E-state index in [9.17, 15) is 4.79 Å². The summed E-state index contributed by atoms with van der Waals surface area (Å²) in [5.41, 5.74) is 1.59. The lowest BCUT2D eigenvalue weighted by atomic mass is 9.81.